The van der Waals surface area contributed by atoms with Gasteiger partial charge in [-0.1, -0.05) is 0 Å². The fraction of sp³-hybridized carbons (Fsp3) is 0.571. The number of hydrogen-bond acceptors (Lipinski definition) is 3. The third-order valence-corrected chi connectivity index (χ3v) is 1.44. The number of hydrogen-bond donors (Lipinski definition) is 3. The zero-order valence-corrected chi connectivity index (χ0v) is 7.31. The van der Waals surface area contributed by atoms with Gasteiger partial charge in [-0.05, 0) is 19.6 Å². The molecule has 0 rings (SSSR count). The summed E-state index contributed by atoms with van der Waals surface area (Å²) in [6, 6.07) is -0.755. The van der Waals surface area contributed by atoms with Crippen molar-refractivity contribution < 1.29 is 9.90 Å². The summed E-state index contributed by atoms with van der Waals surface area (Å²) in [6.45, 7) is 3.60. The number of carbonyl (C=O) groups is 1. The Labute approximate surface area is 76.4 Å². The van der Waals surface area contributed by atoms with Gasteiger partial charge in [0.15, 0.2) is 5.96 Å². The van der Waals surface area contributed by atoms with Gasteiger partial charge in [-0.2, -0.15) is 0 Å². The molecule has 0 saturated heterocycles. The first-order valence-corrected chi connectivity index (χ1v) is 3.82. The molecule has 13 heavy (non-hydrogen) atoms. The van der Waals surface area contributed by atoms with Crippen molar-refractivity contribution in [1.82, 2.24) is 0 Å². The zero-order valence-electron chi connectivity index (χ0n) is 7.31. The molecule has 5 N–H and O–H groups in total. The highest BCUT2D eigenvalue weighted by Crippen LogP contribution is 2.01. The van der Waals surface area contributed by atoms with Crippen LogP contribution in [0.3, 0.4) is 0 Å². The quantitative estimate of drug-likeness (QED) is 0.286. The molecule has 6 nitrogen and oxygen atoms in total. The Morgan fingerprint density at radius 3 is 2.54 bits per heavy atom. The van der Waals surface area contributed by atoms with E-state index in [4.69, 9.17) is 16.6 Å². The number of nitrogens with zero attached hydrogens (tertiary/aromatic N) is 2. The molecule has 0 unspecified atom stereocenters. The van der Waals surface area contributed by atoms with Crippen molar-refractivity contribution in [2.45, 2.75) is 18.9 Å². The summed E-state index contributed by atoms with van der Waals surface area (Å²) in [7, 11) is 0. The third kappa shape index (κ3) is 5.66. The summed E-state index contributed by atoms with van der Waals surface area (Å²) in [5.74, 6) is -0.960. The highest BCUT2D eigenvalue weighted by atomic mass is 16.4. The predicted molar refractivity (Wildman–Crippen MR) is 50.9 cm³/mol. The maximum Gasteiger partial charge on any atom is 0.328 e. The van der Waals surface area contributed by atoms with Gasteiger partial charge in [0.1, 0.15) is 6.04 Å². The van der Waals surface area contributed by atoms with E-state index in [9.17, 15) is 4.79 Å². The van der Waals surface area contributed by atoms with Crippen molar-refractivity contribution in [3.05, 3.63) is 0 Å². The molecule has 0 bridgehead atoms. The second-order valence-electron chi connectivity index (χ2n) is 2.49. The highest BCUT2D eigenvalue weighted by molar-refractivity contribution is 5.75. The van der Waals surface area contributed by atoms with Crippen LogP contribution in [0.15, 0.2) is 9.98 Å². The Morgan fingerprint density at radius 1 is 1.54 bits per heavy atom. The van der Waals surface area contributed by atoms with E-state index < -0.39 is 12.0 Å². The Morgan fingerprint density at radius 2 is 2.15 bits per heavy atom. The predicted octanol–water partition coefficient (Wildman–Crippen LogP) is -0.806. The van der Waals surface area contributed by atoms with Gasteiger partial charge in [-0.15, -0.1) is 0 Å². The first-order valence-electron chi connectivity index (χ1n) is 3.82. The summed E-state index contributed by atoms with van der Waals surface area (Å²) in [6.07, 6.45) is 0.976. The topological polar surface area (TPSA) is 114 Å². The van der Waals surface area contributed by atoms with Gasteiger partial charge < -0.3 is 16.6 Å². The van der Waals surface area contributed by atoms with E-state index in [1.165, 1.54) is 0 Å². The van der Waals surface area contributed by atoms with Crippen LogP contribution in [-0.4, -0.2) is 36.3 Å². The van der Waals surface area contributed by atoms with E-state index in [2.05, 4.69) is 16.7 Å². The van der Waals surface area contributed by atoms with E-state index in [0.29, 0.717) is 19.4 Å². The van der Waals surface area contributed by atoms with Gasteiger partial charge in [0.25, 0.3) is 0 Å². The summed E-state index contributed by atoms with van der Waals surface area (Å²) >= 11 is 0. The van der Waals surface area contributed by atoms with Crippen molar-refractivity contribution >= 4 is 18.6 Å². The Bertz CT molecular complexity index is 211. The van der Waals surface area contributed by atoms with Gasteiger partial charge >= 0.3 is 5.97 Å². The number of carboxylic acid groups (broad SMARTS) is 1. The van der Waals surface area contributed by atoms with Crippen LogP contribution in [0.5, 0.6) is 0 Å². The monoisotopic (exact) mass is 186 g/mol. The van der Waals surface area contributed by atoms with Crippen LogP contribution < -0.4 is 11.5 Å². The minimum Gasteiger partial charge on any atom is -0.480 e. The average Bonchev–Trinajstić information content (AvgIpc) is 2.03. The Hall–Kier alpha value is -1.59. The van der Waals surface area contributed by atoms with Crippen molar-refractivity contribution in [3.8, 4) is 0 Å². The number of aliphatic imine (C=N–C) groups is 2. The van der Waals surface area contributed by atoms with E-state index >= 15 is 0 Å². The summed E-state index contributed by atoms with van der Waals surface area (Å²) < 4.78 is 0. The van der Waals surface area contributed by atoms with Gasteiger partial charge in [-0.25, -0.2) is 4.79 Å². The molecule has 0 saturated carbocycles. The van der Waals surface area contributed by atoms with Gasteiger partial charge in [0, 0.05) is 6.54 Å². The molecular formula is C7H14N4O2. The summed E-state index contributed by atoms with van der Waals surface area (Å²) in [5.41, 5.74) is 10.2. The van der Waals surface area contributed by atoms with E-state index in [-0.39, 0.29) is 5.96 Å². The molecule has 0 radical (unpaired) electrons. The lowest BCUT2D eigenvalue weighted by Gasteiger charge is -2.04. The van der Waals surface area contributed by atoms with E-state index in [1.54, 1.807) is 0 Å². The molecule has 1 atom stereocenters. The normalized spacial score (nSPS) is 11.7. The molecule has 0 aromatic rings. The molecule has 0 fully saturated rings. The molecule has 0 heterocycles. The molecular weight excluding hydrogens is 172 g/mol. The second-order valence-corrected chi connectivity index (χ2v) is 2.49. The number of nitrogens with two attached hydrogens (primary N) is 2. The number of aliphatic carboxylic acids is 1. The molecule has 0 amide bonds. The fourth-order valence-corrected chi connectivity index (χ4v) is 0.786. The van der Waals surface area contributed by atoms with Crippen LogP contribution in [0.2, 0.25) is 0 Å². The van der Waals surface area contributed by atoms with Crippen LogP contribution >= 0.6 is 0 Å². The molecule has 0 spiro atoms. The van der Waals surface area contributed by atoms with Crippen LogP contribution in [0.1, 0.15) is 12.8 Å². The van der Waals surface area contributed by atoms with Crippen LogP contribution in [0, 0.1) is 0 Å². The van der Waals surface area contributed by atoms with Crippen molar-refractivity contribution in [1.29, 1.82) is 0 Å². The highest BCUT2D eigenvalue weighted by Gasteiger charge is 2.12. The third-order valence-electron chi connectivity index (χ3n) is 1.44. The first kappa shape index (κ1) is 11.4. The zero-order chi connectivity index (χ0) is 10.3. The minimum atomic E-state index is -0.972. The molecule has 0 aliphatic rings. The lowest BCUT2D eigenvalue weighted by molar-refractivity contribution is -0.138. The lowest BCUT2D eigenvalue weighted by atomic mass is 10.2. The molecule has 0 aromatic carbocycles. The Balaban J connectivity index is 3.68. The van der Waals surface area contributed by atoms with Crippen molar-refractivity contribution in [2.24, 2.45) is 21.5 Å². The van der Waals surface area contributed by atoms with Gasteiger partial charge in [0.2, 0.25) is 0 Å². The maximum absolute atomic E-state index is 10.4. The minimum absolute atomic E-state index is 0.0124. The second kappa shape index (κ2) is 5.99. The SMILES string of the molecule is C=N[C@@H](CCCN=C(N)N)C(=O)O. The average molecular weight is 186 g/mol. The summed E-state index contributed by atoms with van der Waals surface area (Å²) in [5, 5.41) is 8.56. The van der Waals surface area contributed by atoms with Crippen molar-refractivity contribution in [3.63, 3.8) is 0 Å². The number of carboxylic acids is 1. The van der Waals surface area contributed by atoms with Gasteiger partial charge in [0.05, 0.1) is 0 Å². The Kier molecular flexibility index (Phi) is 5.25. The van der Waals surface area contributed by atoms with Crippen LogP contribution in [-0.2, 0) is 4.79 Å². The van der Waals surface area contributed by atoms with Crippen LogP contribution in [0.25, 0.3) is 0 Å². The number of rotatable bonds is 6. The number of guanidine groups is 1. The molecule has 0 aliphatic carbocycles. The van der Waals surface area contributed by atoms with Crippen LogP contribution in [0.4, 0.5) is 0 Å². The largest absolute Gasteiger partial charge is 0.480 e. The molecule has 74 valence electrons. The molecule has 6 heteroatoms. The van der Waals surface area contributed by atoms with Gasteiger partial charge in [-0.3, -0.25) is 9.98 Å². The molecule has 0 aliphatic heterocycles. The van der Waals surface area contributed by atoms with E-state index in [0.717, 1.165) is 0 Å². The first-order chi connectivity index (χ1) is 6.07. The summed E-state index contributed by atoms with van der Waals surface area (Å²) in [4.78, 5) is 17.6. The molecule has 0 aromatic heterocycles. The smallest absolute Gasteiger partial charge is 0.328 e. The lowest BCUT2D eigenvalue weighted by Crippen LogP contribution is -2.23. The standard InChI is InChI=1S/C7H14N4O2/c1-10-5(6(12)13)3-2-4-11-7(8)9/h5H,1-4H2,(H,12,13)(H4,8,9,11)/t5-/m0/s1. The fourth-order valence-electron chi connectivity index (χ4n) is 0.786. The van der Waals surface area contributed by atoms with Crippen molar-refractivity contribution in [2.75, 3.05) is 6.54 Å². The maximum atomic E-state index is 10.4. The van der Waals surface area contributed by atoms with E-state index in [1.807, 2.05) is 0 Å².